The van der Waals surface area contributed by atoms with Gasteiger partial charge in [-0.1, -0.05) is 47.0 Å². The molecule has 0 aliphatic rings. The van der Waals surface area contributed by atoms with E-state index < -0.39 is 15.9 Å². The van der Waals surface area contributed by atoms with Crippen LogP contribution in [-0.2, 0) is 10.0 Å². The molecule has 3 aromatic carbocycles. The average Bonchev–Trinajstić information content (AvgIpc) is 2.74. The first-order chi connectivity index (χ1) is 15.6. The Morgan fingerprint density at radius 1 is 0.909 bits per heavy atom. The number of ether oxygens (including phenoxy) is 1. The summed E-state index contributed by atoms with van der Waals surface area (Å²) in [5.74, 6) is 0.339. The molecule has 33 heavy (non-hydrogen) atoms. The quantitative estimate of drug-likeness (QED) is 0.429. The fourth-order valence-electron chi connectivity index (χ4n) is 3.37. The third-order valence-electron chi connectivity index (χ3n) is 5.08. The standard InChI is InChI=1S/C25H27ClN2O4S/c1-16-5-9-22(18(3)13-16)28-33(30,31)24-15-20(7-8-21(24)26)25(29)27-11-12-32-23-10-6-17(2)14-19(23)4/h5-10,13-15,28H,11-12H2,1-4H3,(H,27,29). The summed E-state index contributed by atoms with van der Waals surface area (Å²) in [5.41, 5.74) is 4.61. The number of carbonyl (C=O) groups excluding carboxylic acids is 1. The van der Waals surface area contributed by atoms with E-state index in [1.54, 1.807) is 6.07 Å². The number of benzene rings is 3. The molecule has 2 N–H and O–H groups in total. The van der Waals surface area contributed by atoms with Crippen molar-refractivity contribution >= 4 is 33.2 Å². The van der Waals surface area contributed by atoms with E-state index in [0.29, 0.717) is 5.69 Å². The Hall–Kier alpha value is -3.03. The molecular formula is C25H27ClN2O4S. The van der Waals surface area contributed by atoms with Gasteiger partial charge in [0.15, 0.2) is 0 Å². The fourth-order valence-corrected chi connectivity index (χ4v) is 5.02. The van der Waals surface area contributed by atoms with Crippen molar-refractivity contribution < 1.29 is 17.9 Å². The molecule has 3 aromatic rings. The Bertz CT molecular complexity index is 1290. The number of sulfonamides is 1. The molecule has 1 amide bonds. The van der Waals surface area contributed by atoms with E-state index in [4.69, 9.17) is 16.3 Å². The SMILES string of the molecule is Cc1ccc(NS(=O)(=O)c2cc(C(=O)NCCOc3ccc(C)cc3C)ccc2Cl)c(C)c1. The minimum Gasteiger partial charge on any atom is -0.491 e. The summed E-state index contributed by atoms with van der Waals surface area (Å²) in [7, 11) is -3.99. The summed E-state index contributed by atoms with van der Waals surface area (Å²) in [4.78, 5) is 12.4. The summed E-state index contributed by atoms with van der Waals surface area (Å²) in [6.45, 7) is 8.26. The molecular weight excluding hydrogens is 460 g/mol. The fraction of sp³-hybridized carbons (Fsp3) is 0.240. The van der Waals surface area contributed by atoms with Crippen LogP contribution in [0, 0.1) is 27.7 Å². The molecule has 0 aliphatic carbocycles. The molecule has 0 aliphatic heterocycles. The van der Waals surface area contributed by atoms with Gasteiger partial charge < -0.3 is 10.1 Å². The first-order valence-corrected chi connectivity index (χ1v) is 12.3. The van der Waals surface area contributed by atoms with Gasteiger partial charge in [-0.05, 0) is 69.2 Å². The topological polar surface area (TPSA) is 84.5 Å². The van der Waals surface area contributed by atoms with Crippen molar-refractivity contribution in [1.29, 1.82) is 0 Å². The van der Waals surface area contributed by atoms with Gasteiger partial charge in [0.1, 0.15) is 17.3 Å². The van der Waals surface area contributed by atoms with Crippen LogP contribution in [0.4, 0.5) is 5.69 Å². The molecule has 0 aromatic heterocycles. The molecule has 0 saturated carbocycles. The Morgan fingerprint density at radius 3 is 2.24 bits per heavy atom. The molecule has 0 bridgehead atoms. The van der Waals surface area contributed by atoms with Crippen LogP contribution in [-0.4, -0.2) is 27.5 Å². The zero-order valence-electron chi connectivity index (χ0n) is 19.0. The maximum absolute atomic E-state index is 13.0. The molecule has 0 heterocycles. The average molecular weight is 487 g/mol. The molecule has 0 atom stereocenters. The number of carbonyl (C=O) groups is 1. The number of nitrogens with one attached hydrogen (secondary N) is 2. The van der Waals surface area contributed by atoms with Crippen LogP contribution in [0.25, 0.3) is 0 Å². The number of amides is 1. The lowest BCUT2D eigenvalue weighted by atomic mass is 10.1. The third-order valence-corrected chi connectivity index (χ3v) is 6.93. The predicted octanol–water partition coefficient (Wildman–Crippen LogP) is 5.18. The lowest BCUT2D eigenvalue weighted by Crippen LogP contribution is -2.28. The van der Waals surface area contributed by atoms with Gasteiger partial charge in [-0.2, -0.15) is 0 Å². The van der Waals surface area contributed by atoms with E-state index in [9.17, 15) is 13.2 Å². The van der Waals surface area contributed by atoms with Gasteiger partial charge in [-0.15, -0.1) is 0 Å². The van der Waals surface area contributed by atoms with Gasteiger partial charge >= 0.3 is 0 Å². The number of hydrogen-bond acceptors (Lipinski definition) is 4. The van der Waals surface area contributed by atoms with Crippen LogP contribution >= 0.6 is 11.6 Å². The van der Waals surface area contributed by atoms with Gasteiger partial charge in [0.2, 0.25) is 0 Å². The van der Waals surface area contributed by atoms with Crippen molar-refractivity contribution in [2.24, 2.45) is 0 Å². The first kappa shape index (κ1) is 24.6. The Balaban J connectivity index is 1.67. The Labute approximate surface area is 200 Å². The van der Waals surface area contributed by atoms with E-state index in [1.807, 2.05) is 58.0 Å². The van der Waals surface area contributed by atoms with Gasteiger partial charge in [0.05, 0.1) is 17.3 Å². The molecule has 8 heteroatoms. The molecule has 0 fully saturated rings. The van der Waals surface area contributed by atoms with E-state index in [2.05, 4.69) is 10.0 Å². The van der Waals surface area contributed by atoms with E-state index in [1.165, 1.54) is 18.2 Å². The molecule has 6 nitrogen and oxygen atoms in total. The highest BCUT2D eigenvalue weighted by Gasteiger charge is 2.21. The van der Waals surface area contributed by atoms with Crippen molar-refractivity contribution in [1.82, 2.24) is 5.32 Å². The Morgan fingerprint density at radius 2 is 1.58 bits per heavy atom. The second-order valence-corrected chi connectivity index (χ2v) is 10.0. The summed E-state index contributed by atoms with van der Waals surface area (Å²) >= 11 is 6.17. The highest BCUT2D eigenvalue weighted by atomic mass is 35.5. The second kappa shape index (κ2) is 10.3. The van der Waals surface area contributed by atoms with Gasteiger partial charge in [0.25, 0.3) is 15.9 Å². The summed E-state index contributed by atoms with van der Waals surface area (Å²) in [5, 5.41) is 2.77. The molecule has 174 valence electrons. The van der Waals surface area contributed by atoms with Crippen LogP contribution < -0.4 is 14.8 Å². The van der Waals surface area contributed by atoms with Crippen molar-refractivity contribution in [3.63, 3.8) is 0 Å². The lowest BCUT2D eigenvalue weighted by molar-refractivity contribution is 0.0946. The van der Waals surface area contributed by atoms with Crippen molar-refractivity contribution in [3.05, 3.63) is 87.4 Å². The normalized spacial score (nSPS) is 11.2. The van der Waals surface area contributed by atoms with Crippen LogP contribution in [0.15, 0.2) is 59.5 Å². The summed E-state index contributed by atoms with van der Waals surface area (Å²) in [6, 6.07) is 15.4. The predicted molar refractivity (Wildman–Crippen MR) is 132 cm³/mol. The third kappa shape index (κ3) is 6.27. The number of hydrogen-bond donors (Lipinski definition) is 2. The molecule has 3 rings (SSSR count). The maximum atomic E-state index is 13.0. The number of aryl methyl sites for hydroxylation is 4. The zero-order valence-corrected chi connectivity index (χ0v) is 20.6. The van der Waals surface area contributed by atoms with Crippen molar-refractivity contribution in [3.8, 4) is 5.75 Å². The molecule has 0 radical (unpaired) electrons. The van der Waals surface area contributed by atoms with E-state index in [-0.39, 0.29) is 28.6 Å². The summed E-state index contributed by atoms with van der Waals surface area (Å²) < 4.78 is 34.2. The summed E-state index contributed by atoms with van der Waals surface area (Å²) in [6.07, 6.45) is 0. The highest BCUT2D eigenvalue weighted by Crippen LogP contribution is 2.27. The number of rotatable bonds is 8. The lowest BCUT2D eigenvalue weighted by Gasteiger charge is -2.14. The second-order valence-electron chi connectivity index (χ2n) is 7.94. The zero-order chi connectivity index (χ0) is 24.2. The minimum atomic E-state index is -3.99. The molecule has 0 unspecified atom stereocenters. The molecule has 0 saturated heterocycles. The minimum absolute atomic E-state index is 0.0296. The largest absolute Gasteiger partial charge is 0.491 e. The highest BCUT2D eigenvalue weighted by molar-refractivity contribution is 7.92. The van der Waals surface area contributed by atoms with E-state index in [0.717, 1.165) is 28.0 Å². The van der Waals surface area contributed by atoms with Crippen molar-refractivity contribution in [2.75, 3.05) is 17.9 Å². The maximum Gasteiger partial charge on any atom is 0.263 e. The first-order valence-electron chi connectivity index (χ1n) is 10.4. The van der Waals surface area contributed by atoms with Crippen LogP contribution in [0.5, 0.6) is 5.75 Å². The smallest absolute Gasteiger partial charge is 0.263 e. The number of anilines is 1. The monoisotopic (exact) mass is 486 g/mol. The van der Waals surface area contributed by atoms with E-state index >= 15 is 0 Å². The van der Waals surface area contributed by atoms with Crippen molar-refractivity contribution in [2.45, 2.75) is 32.6 Å². The van der Waals surface area contributed by atoms with Gasteiger partial charge in [-0.25, -0.2) is 8.42 Å². The van der Waals surface area contributed by atoms with Gasteiger partial charge in [-0.3, -0.25) is 9.52 Å². The van der Waals surface area contributed by atoms with Gasteiger partial charge in [0, 0.05) is 5.56 Å². The number of halogens is 1. The van der Waals surface area contributed by atoms with Crippen LogP contribution in [0.1, 0.15) is 32.6 Å². The Kier molecular flexibility index (Phi) is 7.66. The van der Waals surface area contributed by atoms with Crippen LogP contribution in [0.2, 0.25) is 5.02 Å². The van der Waals surface area contributed by atoms with Crippen LogP contribution in [0.3, 0.4) is 0 Å². The molecule has 0 spiro atoms.